The molecular weight excluding hydrogens is 484 g/mol. The van der Waals surface area contributed by atoms with Crippen molar-refractivity contribution >= 4 is 29.9 Å². The lowest BCUT2D eigenvalue weighted by Crippen LogP contribution is -2.45. The van der Waals surface area contributed by atoms with Crippen LogP contribution in [0.3, 0.4) is 0 Å². The quantitative estimate of drug-likeness (QED) is 0.333. The van der Waals surface area contributed by atoms with Crippen LogP contribution in [0.2, 0.25) is 0 Å². The molecule has 0 spiro atoms. The standard InChI is InChI=1S/C19H29F3N4O.HI/c1-14(2)27-17-6-4-15(5-7-17)8-10-24-18(23-3)25-16-9-11-26(12-16)13-19(20,21)22;/h4-7,14,16H,8-13H2,1-3H3,(H2,23,24,25);1H. The van der Waals surface area contributed by atoms with Gasteiger partial charge in [-0.25, -0.2) is 0 Å². The van der Waals surface area contributed by atoms with Gasteiger partial charge < -0.3 is 15.4 Å². The highest BCUT2D eigenvalue weighted by Gasteiger charge is 2.34. The highest BCUT2D eigenvalue weighted by Crippen LogP contribution is 2.20. The lowest BCUT2D eigenvalue weighted by molar-refractivity contribution is -0.143. The fourth-order valence-corrected chi connectivity index (χ4v) is 3.07. The van der Waals surface area contributed by atoms with E-state index in [1.54, 1.807) is 7.05 Å². The second-order valence-electron chi connectivity index (χ2n) is 7.04. The number of ether oxygens (including phenoxy) is 1. The molecule has 5 nitrogen and oxygen atoms in total. The Hall–Kier alpha value is -1.23. The molecule has 0 aromatic heterocycles. The Labute approximate surface area is 182 Å². The van der Waals surface area contributed by atoms with Crippen LogP contribution in [0.25, 0.3) is 0 Å². The summed E-state index contributed by atoms with van der Waals surface area (Å²) in [7, 11) is 1.66. The molecule has 2 N–H and O–H groups in total. The summed E-state index contributed by atoms with van der Waals surface area (Å²) < 4.78 is 43.0. The van der Waals surface area contributed by atoms with Crippen molar-refractivity contribution in [1.82, 2.24) is 15.5 Å². The molecule has 1 saturated heterocycles. The van der Waals surface area contributed by atoms with Gasteiger partial charge in [0, 0.05) is 32.7 Å². The van der Waals surface area contributed by atoms with Gasteiger partial charge in [0.1, 0.15) is 5.75 Å². The first-order valence-corrected chi connectivity index (χ1v) is 9.27. The summed E-state index contributed by atoms with van der Waals surface area (Å²) in [6.45, 7) is 4.62. The highest BCUT2D eigenvalue weighted by molar-refractivity contribution is 14.0. The van der Waals surface area contributed by atoms with Gasteiger partial charge in [-0.1, -0.05) is 12.1 Å². The van der Waals surface area contributed by atoms with Crippen LogP contribution in [0.5, 0.6) is 5.75 Å². The maximum absolute atomic E-state index is 12.5. The van der Waals surface area contributed by atoms with Crippen LogP contribution >= 0.6 is 24.0 Å². The summed E-state index contributed by atoms with van der Waals surface area (Å²) in [5.74, 6) is 1.47. The molecule has 1 heterocycles. The van der Waals surface area contributed by atoms with Crippen molar-refractivity contribution in [3.05, 3.63) is 29.8 Å². The van der Waals surface area contributed by atoms with E-state index in [4.69, 9.17) is 4.74 Å². The third-order valence-corrected chi connectivity index (χ3v) is 4.24. The van der Waals surface area contributed by atoms with Crippen LogP contribution in [0.4, 0.5) is 13.2 Å². The molecule has 9 heteroatoms. The Balaban J connectivity index is 0.00000392. The maximum atomic E-state index is 12.5. The van der Waals surface area contributed by atoms with Gasteiger partial charge in [-0.15, -0.1) is 24.0 Å². The normalized spacial score (nSPS) is 18.1. The molecule has 0 amide bonds. The van der Waals surface area contributed by atoms with Gasteiger partial charge >= 0.3 is 6.18 Å². The van der Waals surface area contributed by atoms with Gasteiger partial charge in [0.2, 0.25) is 0 Å². The van der Waals surface area contributed by atoms with E-state index in [1.165, 1.54) is 10.5 Å². The number of hydrogen-bond donors (Lipinski definition) is 2. The monoisotopic (exact) mass is 514 g/mol. The topological polar surface area (TPSA) is 48.9 Å². The average Bonchev–Trinajstić information content (AvgIpc) is 3.00. The number of benzene rings is 1. The van der Waals surface area contributed by atoms with Crippen molar-refractivity contribution in [2.24, 2.45) is 4.99 Å². The van der Waals surface area contributed by atoms with E-state index in [1.807, 2.05) is 38.1 Å². The largest absolute Gasteiger partial charge is 0.491 e. The van der Waals surface area contributed by atoms with Crippen LogP contribution in [0.1, 0.15) is 25.8 Å². The molecule has 0 radical (unpaired) electrons. The number of guanidine groups is 1. The van der Waals surface area contributed by atoms with E-state index in [0.717, 1.165) is 12.2 Å². The highest BCUT2D eigenvalue weighted by atomic mass is 127. The second kappa shape index (κ2) is 11.7. The first kappa shape index (κ1) is 24.8. The Kier molecular flexibility index (Phi) is 10.4. The summed E-state index contributed by atoms with van der Waals surface area (Å²) in [4.78, 5) is 5.59. The predicted octanol–water partition coefficient (Wildman–Crippen LogP) is 3.44. The minimum absolute atomic E-state index is 0. The third kappa shape index (κ3) is 9.31. The zero-order chi connectivity index (χ0) is 19.9. The number of alkyl halides is 3. The van der Waals surface area contributed by atoms with Gasteiger partial charge in [0.25, 0.3) is 0 Å². The Morgan fingerprint density at radius 1 is 1.29 bits per heavy atom. The Morgan fingerprint density at radius 2 is 1.96 bits per heavy atom. The van der Waals surface area contributed by atoms with E-state index in [-0.39, 0.29) is 36.1 Å². The summed E-state index contributed by atoms with van der Waals surface area (Å²) in [6.07, 6.45) is -2.51. The fourth-order valence-electron chi connectivity index (χ4n) is 3.07. The molecule has 0 aliphatic carbocycles. The maximum Gasteiger partial charge on any atom is 0.401 e. The Morgan fingerprint density at radius 3 is 2.54 bits per heavy atom. The molecular formula is C19H30F3IN4O. The van der Waals surface area contributed by atoms with E-state index in [0.29, 0.717) is 32.0 Å². The first-order chi connectivity index (χ1) is 12.7. The average molecular weight is 514 g/mol. The van der Waals surface area contributed by atoms with E-state index >= 15 is 0 Å². The molecule has 1 atom stereocenters. The van der Waals surface area contributed by atoms with Gasteiger partial charge in [-0.05, 0) is 44.4 Å². The van der Waals surface area contributed by atoms with Crippen molar-refractivity contribution in [1.29, 1.82) is 0 Å². The summed E-state index contributed by atoms with van der Waals surface area (Å²) in [6, 6.07) is 7.95. The second-order valence-corrected chi connectivity index (χ2v) is 7.04. The molecule has 1 fully saturated rings. The van der Waals surface area contributed by atoms with Crippen molar-refractivity contribution in [2.75, 3.05) is 33.2 Å². The minimum atomic E-state index is -4.15. The number of aliphatic imine (C=N–C) groups is 1. The van der Waals surface area contributed by atoms with Crippen LogP contribution in [-0.2, 0) is 6.42 Å². The van der Waals surface area contributed by atoms with E-state index in [9.17, 15) is 13.2 Å². The van der Waals surface area contributed by atoms with Crippen LogP contribution < -0.4 is 15.4 Å². The molecule has 1 aromatic carbocycles. The molecule has 160 valence electrons. The van der Waals surface area contributed by atoms with Crippen LogP contribution in [0.15, 0.2) is 29.3 Å². The third-order valence-electron chi connectivity index (χ3n) is 4.24. The number of likely N-dealkylation sites (tertiary alicyclic amines) is 1. The van der Waals surface area contributed by atoms with Crippen molar-refractivity contribution in [3.8, 4) is 5.75 Å². The smallest absolute Gasteiger partial charge is 0.401 e. The van der Waals surface area contributed by atoms with Gasteiger partial charge in [0.15, 0.2) is 5.96 Å². The minimum Gasteiger partial charge on any atom is -0.491 e. The molecule has 1 aromatic rings. The molecule has 1 aliphatic rings. The van der Waals surface area contributed by atoms with Crippen molar-refractivity contribution in [2.45, 2.75) is 45.0 Å². The first-order valence-electron chi connectivity index (χ1n) is 9.27. The summed E-state index contributed by atoms with van der Waals surface area (Å²) in [5, 5.41) is 6.43. The van der Waals surface area contributed by atoms with Gasteiger partial charge in [-0.3, -0.25) is 9.89 Å². The number of rotatable bonds is 7. The Bertz CT molecular complexity index is 608. The molecule has 1 aliphatic heterocycles. The van der Waals surface area contributed by atoms with Gasteiger partial charge in [0.05, 0.1) is 12.6 Å². The molecule has 28 heavy (non-hydrogen) atoms. The van der Waals surface area contributed by atoms with Crippen LogP contribution in [0, 0.1) is 0 Å². The van der Waals surface area contributed by atoms with Crippen molar-refractivity contribution in [3.63, 3.8) is 0 Å². The molecule has 0 bridgehead atoms. The number of nitrogens with zero attached hydrogens (tertiary/aromatic N) is 2. The molecule has 0 saturated carbocycles. The lowest BCUT2D eigenvalue weighted by Gasteiger charge is -2.19. The zero-order valence-corrected chi connectivity index (χ0v) is 18.9. The van der Waals surface area contributed by atoms with Crippen LogP contribution in [-0.4, -0.2) is 62.4 Å². The van der Waals surface area contributed by atoms with Gasteiger partial charge in [-0.2, -0.15) is 13.2 Å². The fraction of sp³-hybridized carbons (Fsp3) is 0.632. The molecule has 1 unspecified atom stereocenters. The SMILES string of the molecule is CN=C(NCCc1ccc(OC(C)C)cc1)NC1CCN(CC(F)(F)F)C1.I. The van der Waals surface area contributed by atoms with E-state index in [2.05, 4.69) is 15.6 Å². The number of nitrogens with one attached hydrogen (secondary N) is 2. The number of hydrogen-bond acceptors (Lipinski definition) is 3. The summed E-state index contributed by atoms with van der Waals surface area (Å²) in [5.41, 5.74) is 1.17. The molecule has 2 rings (SSSR count). The van der Waals surface area contributed by atoms with E-state index < -0.39 is 12.7 Å². The number of halogens is 4. The lowest BCUT2D eigenvalue weighted by atomic mass is 10.1. The zero-order valence-electron chi connectivity index (χ0n) is 16.6. The predicted molar refractivity (Wildman–Crippen MR) is 117 cm³/mol. The summed E-state index contributed by atoms with van der Waals surface area (Å²) >= 11 is 0. The van der Waals surface area contributed by atoms with Crippen molar-refractivity contribution < 1.29 is 17.9 Å².